The van der Waals surface area contributed by atoms with Crippen LogP contribution < -0.4 is 20.3 Å². The summed E-state index contributed by atoms with van der Waals surface area (Å²) < 4.78 is 10.2. The van der Waals surface area contributed by atoms with E-state index >= 15 is 0 Å². The van der Waals surface area contributed by atoms with Crippen molar-refractivity contribution in [3.63, 3.8) is 0 Å². The smallest absolute Gasteiger partial charge is 0.269 e. The molecule has 0 atom stereocenters. The number of nitrogens with one attached hydrogen (secondary N) is 2. The second-order valence-corrected chi connectivity index (χ2v) is 5.19. The van der Waals surface area contributed by atoms with Crippen molar-refractivity contribution >= 4 is 23.2 Å². The van der Waals surface area contributed by atoms with Crippen molar-refractivity contribution in [3.8, 4) is 11.5 Å². The lowest BCUT2D eigenvalue weighted by molar-refractivity contribution is -0.121. The molecule has 6 nitrogen and oxygen atoms in total. The van der Waals surface area contributed by atoms with E-state index in [2.05, 4.69) is 10.9 Å². The Bertz CT molecular complexity index is 633. The minimum absolute atomic E-state index is 0.214. The summed E-state index contributed by atoms with van der Waals surface area (Å²) in [5, 5.41) is 3.78. The minimum atomic E-state index is -0.448. The first kappa shape index (κ1) is 15.8. The lowest BCUT2D eigenvalue weighted by Crippen LogP contribution is -2.42. The summed E-state index contributed by atoms with van der Waals surface area (Å²) in [6, 6.07) is 6.64. The molecule has 0 saturated heterocycles. The van der Waals surface area contributed by atoms with E-state index in [1.165, 1.54) is 25.6 Å². The Morgan fingerprint density at radius 2 is 1.77 bits per heavy atom. The highest BCUT2D eigenvalue weighted by Crippen LogP contribution is 2.22. The molecule has 0 aliphatic carbocycles. The van der Waals surface area contributed by atoms with Crippen LogP contribution in [0.15, 0.2) is 35.0 Å². The van der Waals surface area contributed by atoms with Crippen LogP contribution in [0.4, 0.5) is 0 Å². The van der Waals surface area contributed by atoms with Crippen LogP contribution in [0.25, 0.3) is 0 Å². The number of rotatable bonds is 5. The van der Waals surface area contributed by atoms with E-state index < -0.39 is 5.91 Å². The highest BCUT2D eigenvalue weighted by atomic mass is 32.1. The van der Waals surface area contributed by atoms with Gasteiger partial charge in [-0.15, -0.1) is 0 Å². The Morgan fingerprint density at radius 3 is 2.32 bits per heavy atom. The third-order valence-electron chi connectivity index (χ3n) is 2.87. The molecular weight excluding hydrogens is 304 g/mol. The zero-order valence-electron chi connectivity index (χ0n) is 12.2. The number of hydrogen-bond acceptors (Lipinski definition) is 5. The average molecular weight is 320 g/mol. The number of hydrogen-bond donors (Lipinski definition) is 2. The molecule has 2 amide bonds. The van der Waals surface area contributed by atoms with Crippen molar-refractivity contribution < 1.29 is 19.1 Å². The summed E-state index contributed by atoms with van der Waals surface area (Å²) in [6.07, 6.45) is 0.214. The van der Waals surface area contributed by atoms with Crippen molar-refractivity contribution in [3.05, 3.63) is 46.2 Å². The maximum atomic E-state index is 12.1. The van der Waals surface area contributed by atoms with E-state index in [9.17, 15) is 9.59 Å². The SMILES string of the molecule is COc1cc(OC)cc(C(=O)NNC(=O)Cc2ccsc2)c1. The van der Waals surface area contributed by atoms with Crippen molar-refractivity contribution in [2.45, 2.75) is 6.42 Å². The highest BCUT2D eigenvalue weighted by molar-refractivity contribution is 7.08. The molecule has 1 heterocycles. The van der Waals surface area contributed by atoms with Crippen LogP contribution in [0.3, 0.4) is 0 Å². The maximum absolute atomic E-state index is 12.1. The summed E-state index contributed by atoms with van der Waals surface area (Å²) in [4.78, 5) is 23.8. The second kappa shape index (κ2) is 7.46. The molecule has 0 saturated carbocycles. The molecule has 0 aliphatic rings. The number of amides is 2. The first-order chi connectivity index (χ1) is 10.6. The van der Waals surface area contributed by atoms with Crippen molar-refractivity contribution in [1.82, 2.24) is 10.9 Å². The molecule has 7 heteroatoms. The molecule has 1 aromatic carbocycles. The minimum Gasteiger partial charge on any atom is -0.497 e. The summed E-state index contributed by atoms with van der Waals surface area (Å²) in [7, 11) is 3.00. The Balaban J connectivity index is 1.95. The van der Waals surface area contributed by atoms with Gasteiger partial charge in [-0.3, -0.25) is 20.4 Å². The van der Waals surface area contributed by atoms with E-state index in [1.807, 2.05) is 16.8 Å². The molecule has 0 spiro atoms. The molecule has 0 bridgehead atoms. The standard InChI is InChI=1S/C15H16N2O4S/c1-20-12-6-11(7-13(8-12)21-2)15(19)17-16-14(18)5-10-3-4-22-9-10/h3-4,6-9H,5H2,1-2H3,(H,16,18)(H,17,19). The molecule has 1 aromatic heterocycles. The Kier molecular flexibility index (Phi) is 5.37. The lowest BCUT2D eigenvalue weighted by atomic mass is 10.2. The van der Waals surface area contributed by atoms with Gasteiger partial charge in [-0.25, -0.2) is 0 Å². The molecule has 116 valence electrons. The molecular formula is C15H16N2O4S. The van der Waals surface area contributed by atoms with Crippen molar-refractivity contribution in [2.24, 2.45) is 0 Å². The summed E-state index contributed by atoms with van der Waals surface area (Å²) in [5.41, 5.74) is 5.97. The lowest BCUT2D eigenvalue weighted by Gasteiger charge is -2.10. The third-order valence-corrected chi connectivity index (χ3v) is 3.61. The third kappa shape index (κ3) is 4.23. The van der Waals surface area contributed by atoms with Crippen LogP contribution in [0.5, 0.6) is 11.5 Å². The molecule has 0 fully saturated rings. The van der Waals surface area contributed by atoms with Crippen LogP contribution in [0, 0.1) is 0 Å². The highest BCUT2D eigenvalue weighted by Gasteiger charge is 2.11. The Labute approximate surface area is 132 Å². The second-order valence-electron chi connectivity index (χ2n) is 4.41. The summed E-state index contributed by atoms with van der Waals surface area (Å²) >= 11 is 1.52. The van der Waals surface area contributed by atoms with Gasteiger partial charge in [-0.2, -0.15) is 11.3 Å². The number of carbonyl (C=O) groups is 2. The van der Waals surface area contributed by atoms with Crippen LogP contribution in [0.2, 0.25) is 0 Å². The van der Waals surface area contributed by atoms with E-state index in [0.29, 0.717) is 17.1 Å². The van der Waals surface area contributed by atoms with Crippen LogP contribution in [-0.4, -0.2) is 26.0 Å². The fourth-order valence-corrected chi connectivity index (χ4v) is 2.43. The number of hydrazine groups is 1. The first-order valence-electron chi connectivity index (χ1n) is 6.45. The number of benzene rings is 1. The molecule has 0 radical (unpaired) electrons. The van der Waals surface area contributed by atoms with Gasteiger partial charge in [0.1, 0.15) is 11.5 Å². The fourth-order valence-electron chi connectivity index (χ4n) is 1.76. The maximum Gasteiger partial charge on any atom is 0.269 e. The van der Waals surface area contributed by atoms with Crippen molar-refractivity contribution in [2.75, 3.05) is 14.2 Å². The molecule has 0 aliphatic heterocycles. The molecule has 22 heavy (non-hydrogen) atoms. The van der Waals surface area contributed by atoms with E-state index in [4.69, 9.17) is 9.47 Å². The zero-order chi connectivity index (χ0) is 15.9. The van der Waals surface area contributed by atoms with Crippen LogP contribution in [0.1, 0.15) is 15.9 Å². The van der Waals surface area contributed by atoms with Gasteiger partial charge < -0.3 is 9.47 Å². The van der Waals surface area contributed by atoms with E-state index in [-0.39, 0.29) is 12.3 Å². The largest absolute Gasteiger partial charge is 0.497 e. The topological polar surface area (TPSA) is 76.7 Å². The normalized spacial score (nSPS) is 9.91. The van der Waals surface area contributed by atoms with Crippen LogP contribution >= 0.6 is 11.3 Å². The molecule has 2 rings (SSSR count). The molecule has 2 N–H and O–H groups in total. The Hall–Kier alpha value is -2.54. The summed E-state index contributed by atoms with van der Waals surface area (Å²) in [6.45, 7) is 0. The van der Waals surface area contributed by atoms with Gasteiger partial charge in [0.2, 0.25) is 5.91 Å². The number of carbonyl (C=O) groups excluding carboxylic acids is 2. The predicted molar refractivity (Wildman–Crippen MR) is 83.2 cm³/mol. The molecule has 0 unspecified atom stereocenters. The van der Waals surface area contributed by atoms with Gasteiger partial charge in [-0.05, 0) is 34.5 Å². The summed E-state index contributed by atoms with van der Waals surface area (Å²) in [5.74, 6) is 0.251. The fraction of sp³-hybridized carbons (Fsp3) is 0.200. The van der Waals surface area contributed by atoms with Gasteiger partial charge in [0, 0.05) is 11.6 Å². The van der Waals surface area contributed by atoms with Gasteiger partial charge in [0.05, 0.1) is 20.6 Å². The number of thiophene rings is 1. The first-order valence-corrected chi connectivity index (χ1v) is 7.40. The predicted octanol–water partition coefficient (Wildman–Crippen LogP) is 1.77. The zero-order valence-corrected chi connectivity index (χ0v) is 13.0. The Morgan fingerprint density at radius 1 is 1.09 bits per heavy atom. The van der Waals surface area contributed by atoms with Crippen LogP contribution in [-0.2, 0) is 11.2 Å². The van der Waals surface area contributed by atoms with E-state index in [0.717, 1.165) is 5.56 Å². The van der Waals surface area contributed by atoms with Gasteiger partial charge in [-0.1, -0.05) is 0 Å². The molecule has 2 aromatic rings. The van der Waals surface area contributed by atoms with E-state index in [1.54, 1.807) is 18.2 Å². The van der Waals surface area contributed by atoms with Gasteiger partial charge >= 0.3 is 0 Å². The van der Waals surface area contributed by atoms with Gasteiger partial charge in [0.15, 0.2) is 0 Å². The van der Waals surface area contributed by atoms with Crippen molar-refractivity contribution in [1.29, 1.82) is 0 Å². The average Bonchev–Trinajstić information content (AvgIpc) is 3.04. The number of methoxy groups -OCH3 is 2. The van der Waals surface area contributed by atoms with Gasteiger partial charge in [0.25, 0.3) is 5.91 Å². The number of ether oxygens (including phenoxy) is 2. The monoisotopic (exact) mass is 320 g/mol. The quantitative estimate of drug-likeness (QED) is 0.823.